The van der Waals surface area contributed by atoms with E-state index in [-0.39, 0.29) is 12.0 Å². The van der Waals surface area contributed by atoms with Crippen LogP contribution in [0.1, 0.15) is 32.1 Å². The van der Waals surface area contributed by atoms with Crippen LogP contribution in [-0.2, 0) is 4.74 Å². The van der Waals surface area contributed by atoms with Crippen molar-refractivity contribution in [3.8, 4) is 0 Å². The summed E-state index contributed by atoms with van der Waals surface area (Å²) in [4.78, 5) is 2.49. The zero-order valence-electron chi connectivity index (χ0n) is 11.3. The van der Waals surface area contributed by atoms with Crippen molar-refractivity contribution in [2.45, 2.75) is 32.1 Å². The Morgan fingerprint density at radius 1 is 1.22 bits per heavy atom. The van der Waals surface area contributed by atoms with Gasteiger partial charge in [-0.15, -0.1) is 0 Å². The lowest BCUT2D eigenvalue weighted by Gasteiger charge is -2.42. The number of hydrogen-bond donors (Lipinski definition) is 2. The number of aliphatic hydroxyl groups is 2. The molecule has 4 nitrogen and oxygen atoms in total. The van der Waals surface area contributed by atoms with Gasteiger partial charge in [-0.05, 0) is 44.6 Å². The van der Waals surface area contributed by atoms with Gasteiger partial charge in [0.15, 0.2) is 0 Å². The summed E-state index contributed by atoms with van der Waals surface area (Å²) in [6.45, 7) is 5.38. The first-order valence-corrected chi connectivity index (χ1v) is 7.30. The third-order valence-corrected chi connectivity index (χ3v) is 4.59. The van der Waals surface area contributed by atoms with Crippen LogP contribution in [0.5, 0.6) is 0 Å². The van der Waals surface area contributed by atoms with Crippen molar-refractivity contribution < 1.29 is 14.9 Å². The first kappa shape index (κ1) is 14.3. The Labute approximate surface area is 110 Å². The highest BCUT2D eigenvalue weighted by atomic mass is 16.5. The van der Waals surface area contributed by atoms with E-state index in [0.717, 1.165) is 52.1 Å². The molecular weight excluding hydrogens is 230 g/mol. The summed E-state index contributed by atoms with van der Waals surface area (Å²) >= 11 is 0. The zero-order chi connectivity index (χ0) is 12.8. The van der Waals surface area contributed by atoms with E-state index in [1.807, 2.05) is 0 Å². The third-order valence-electron chi connectivity index (χ3n) is 4.59. The highest BCUT2D eigenvalue weighted by Crippen LogP contribution is 2.32. The standard InChI is InChI=1S/C14H27NO3/c16-7-3-13-2-1-6-15(10-13)11-14(12-17)4-8-18-9-5-14/h13,16-17H,1-12H2. The normalized spacial score (nSPS) is 29.3. The SMILES string of the molecule is OCCC1CCCN(CC2(CO)CCOCC2)C1. The average Bonchev–Trinajstić information content (AvgIpc) is 2.41. The molecule has 0 amide bonds. The average molecular weight is 257 g/mol. The lowest BCUT2D eigenvalue weighted by molar-refractivity contribution is -0.0402. The molecule has 106 valence electrons. The predicted molar refractivity (Wildman–Crippen MR) is 70.4 cm³/mol. The van der Waals surface area contributed by atoms with Crippen molar-refractivity contribution in [1.82, 2.24) is 4.90 Å². The molecule has 0 aromatic heterocycles. The van der Waals surface area contributed by atoms with E-state index in [9.17, 15) is 5.11 Å². The van der Waals surface area contributed by atoms with E-state index >= 15 is 0 Å². The first-order valence-electron chi connectivity index (χ1n) is 7.30. The van der Waals surface area contributed by atoms with Crippen LogP contribution in [-0.4, -0.2) is 61.2 Å². The Balaban J connectivity index is 1.86. The molecule has 0 aromatic carbocycles. The minimum absolute atomic E-state index is 0.0549. The van der Waals surface area contributed by atoms with Crippen LogP contribution >= 0.6 is 0 Å². The Bertz CT molecular complexity index is 239. The molecule has 2 N–H and O–H groups in total. The monoisotopic (exact) mass is 257 g/mol. The maximum absolute atomic E-state index is 9.72. The van der Waals surface area contributed by atoms with Crippen molar-refractivity contribution in [3.63, 3.8) is 0 Å². The Morgan fingerprint density at radius 2 is 2.00 bits per heavy atom. The first-order chi connectivity index (χ1) is 8.78. The van der Waals surface area contributed by atoms with Gasteiger partial charge >= 0.3 is 0 Å². The van der Waals surface area contributed by atoms with E-state index in [1.54, 1.807) is 0 Å². The largest absolute Gasteiger partial charge is 0.396 e. The van der Waals surface area contributed by atoms with E-state index in [0.29, 0.717) is 12.5 Å². The number of rotatable bonds is 5. The van der Waals surface area contributed by atoms with Crippen LogP contribution in [0.3, 0.4) is 0 Å². The highest BCUT2D eigenvalue weighted by molar-refractivity contribution is 4.86. The smallest absolute Gasteiger partial charge is 0.0501 e. The maximum Gasteiger partial charge on any atom is 0.0501 e. The van der Waals surface area contributed by atoms with Gasteiger partial charge in [-0.1, -0.05) is 0 Å². The lowest BCUT2D eigenvalue weighted by Crippen LogP contribution is -2.47. The molecule has 2 heterocycles. The molecule has 0 saturated carbocycles. The minimum atomic E-state index is 0.0549. The van der Waals surface area contributed by atoms with Gasteiger partial charge in [0.05, 0.1) is 6.61 Å². The maximum atomic E-state index is 9.72. The number of aliphatic hydroxyl groups excluding tert-OH is 2. The van der Waals surface area contributed by atoms with Crippen molar-refractivity contribution in [1.29, 1.82) is 0 Å². The molecule has 2 aliphatic heterocycles. The molecule has 0 radical (unpaired) electrons. The Kier molecular flexibility index (Phi) is 5.42. The predicted octanol–water partition coefficient (Wildman–Crippen LogP) is 0.870. The molecule has 18 heavy (non-hydrogen) atoms. The summed E-state index contributed by atoms with van der Waals surface area (Å²) in [6, 6.07) is 0. The number of nitrogens with zero attached hydrogens (tertiary/aromatic N) is 1. The van der Waals surface area contributed by atoms with Crippen LogP contribution in [0.25, 0.3) is 0 Å². The fourth-order valence-corrected chi connectivity index (χ4v) is 3.36. The summed E-state index contributed by atoms with van der Waals surface area (Å²) in [5.41, 5.74) is 0.0549. The van der Waals surface area contributed by atoms with Gasteiger partial charge in [-0.3, -0.25) is 0 Å². The van der Waals surface area contributed by atoms with Crippen LogP contribution in [0.2, 0.25) is 0 Å². The van der Waals surface area contributed by atoms with Crippen molar-refractivity contribution in [2.24, 2.45) is 11.3 Å². The molecule has 2 aliphatic rings. The molecule has 2 rings (SSSR count). The summed E-state index contributed by atoms with van der Waals surface area (Å²) in [5, 5.41) is 18.8. The van der Waals surface area contributed by atoms with Gasteiger partial charge in [0.2, 0.25) is 0 Å². The molecule has 0 aromatic rings. The molecule has 1 unspecified atom stereocenters. The second-order valence-corrected chi connectivity index (χ2v) is 6.03. The minimum Gasteiger partial charge on any atom is -0.396 e. The van der Waals surface area contributed by atoms with E-state index < -0.39 is 0 Å². The van der Waals surface area contributed by atoms with Gasteiger partial charge in [-0.2, -0.15) is 0 Å². The lowest BCUT2D eigenvalue weighted by atomic mass is 9.79. The Hall–Kier alpha value is -0.160. The van der Waals surface area contributed by atoms with Crippen LogP contribution < -0.4 is 0 Å². The van der Waals surface area contributed by atoms with Crippen LogP contribution in [0.15, 0.2) is 0 Å². The molecule has 4 heteroatoms. The fraction of sp³-hybridized carbons (Fsp3) is 1.00. The van der Waals surface area contributed by atoms with E-state index in [2.05, 4.69) is 4.90 Å². The van der Waals surface area contributed by atoms with Crippen LogP contribution in [0.4, 0.5) is 0 Å². The van der Waals surface area contributed by atoms with Gasteiger partial charge in [0.1, 0.15) is 0 Å². The van der Waals surface area contributed by atoms with Gasteiger partial charge in [-0.25, -0.2) is 0 Å². The van der Waals surface area contributed by atoms with Gasteiger partial charge in [0.25, 0.3) is 0 Å². The fourth-order valence-electron chi connectivity index (χ4n) is 3.36. The zero-order valence-corrected chi connectivity index (χ0v) is 11.3. The van der Waals surface area contributed by atoms with Gasteiger partial charge < -0.3 is 19.8 Å². The number of likely N-dealkylation sites (tertiary alicyclic amines) is 1. The topological polar surface area (TPSA) is 52.9 Å². The highest BCUT2D eigenvalue weighted by Gasteiger charge is 2.35. The van der Waals surface area contributed by atoms with E-state index in [4.69, 9.17) is 9.84 Å². The second-order valence-electron chi connectivity index (χ2n) is 6.03. The summed E-state index contributed by atoms with van der Waals surface area (Å²) in [6.07, 6.45) is 5.34. The number of piperidine rings is 1. The molecule has 2 saturated heterocycles. The quantitative estimate of drug-likeness (QED) is 0.767. The second kappa shape index (κ2) is 6.85. The summed E-state index contributed by atoms with van der Waals surface area (Å²) in [7, 11) is 0. The molecule has 0 bridgehead atoms. The number of hydrogen-bond acceptors (Lipinski definition) is 4. The van der Waals surface area contributed by atoms with Crippen molar-refractivity contribution in [3.05, 3.63) is 0 Å². The molecule has 0 spiro atoms. The van der Waals surface area contributed by atoms with Crippen molar-refractivity contribution >= 4 is 0 Å². The molecular formula is C14H27NO3. The van der Waals surface area contributed by atoms with Gasteiger partial charge in [0, 0.05) is 38.3 Å². The molecule has 1 atom stereocenters. The summed E-state index contributed by atoms with van der Waals surface area (Å²) < 4.78 is 5.41. The molecule has 2 fully saturated rings. The van der Waals surface area contributed by atoms with Crippen molar-refractivity contribution in [2.75, 3.05) is 46.1 Å². The molecule has 0 aliphatic carbocycles. The van der Waals surface area contributed by atoms with E-state index in [1.165, 1.54) is 12.8 Å². The summed E-state index contributed by atoms with van der Waals surface area (Å²) in [5.74, 6) is 0.638. The third kappa shape index (κ3) is 3.67. The Morgan fingerprint density at radius 3 is 2.67 bits per heavy atom. The number of ether oxygens (including phenoxy) is 1. The van der Waals surface area contributed by atoms with Crippen LogP contribution in [0, 0.1) is 11.3 Å².